The van der Waals surface area contributed by atoms with E-state index in [1.165, 1.54) is 18.4 Å². The lowest BCUT2D eigenvalue weighted by Gasteiger charge is -2.22. The lowest BCUT2D eigenvalue weighted by molar-refractivity contribution is 0.111. The molecule has 0 radical (unpaired) electrons. The molecule has 0 bridgehead atoms. The van der Waals surface area contributed by atoms with Crippen LogP contribution in [0.4, 0.5) is 0 Å². The third-order valence-corrected chi connectivity index (χ3v) is 2.69. The summed E-state index contributed by atoms with van der Waals surface area (Å²) in [5.74, 6) is 0.547. The Morgan fingerprint density at radius 3 is 3.21 bits per heavy atom. The number of nitrogens with one attached hydrogen (secondary N) is 1. The summed E-state index contributed by atoms with van der Waals surface area (Å²) in [6, 6.07) is 3.90. The largest absolute Gasteiger partial charge is 0.316 e. The van der Waals surface area contributed by atoms with Crippen molar-refractivity contribution in [3.8, 4) is 0 Å². The van der Waals surface area contributed by atoms with Crippen molar-refractivity contribution in [3.63, 3.8) is 0 Å². The molecule has 1 unspecified atom stereocenters. The molecular formula is C11H14N2O. The molecule has 1 aromatic heterocycles. The van der Waals surface area contributed by atoms with E-state index in [9.17, 15) is 4.79 Å². The molecule has 1 fully saturated rings. The topological polar surface area (TPSA) is 42.0 Å². The quantitative estimate of drug-likeness (QED) is 0.716. The van der Waals surface area contributed by atoms with Crippen molar-refractivity contribution in [3.05, 3.63) is 29.6 Å². The molecule has 2 heterocycles. The molecule has 0 aromatic carbocycles. The van der Waals surface area contributed by atoms with Crippen LogP contribution < -0.4 is 5.32 Å². The first-order valence-corrected chi connectivity index (χ1v) is 5.02. The van der Waals surface area contributed by atoms with E-state index in [0.717, 1.165) is 19.4 Å². The minimum atomic E-state index is 0.535. The van der Waals surface area contributed by atoms with Gasteiger partial charge in [0.2, 0.25) is 0 Å². The van der Waals surface area contributed by atoms with E-state index in [0.29, 0.717) is 11.6 Å². The first-order valence-electron chi connectivity index (χ1n) is 5.02. The molecule has 1 aromatic rings. The Bertz CT molecular complexity index is 319. The first kappa shape index (κ1) is 9.34. The van der Waals surface area contributed by atoms with Crippen LogP contribution in [-0.4, -0.2) is 24.4 Å². The second-order valence-electron chi connectivity index (χ2n) is 3.68. The monoisotopic (exact) mass is 190 g/mol. The molecule has 0 saturated carbocycles. The van der Waals surface area contributed by atoms with Gasteiger partial charge < -0.3 is 5.32 Å². The predicted molar refractivity (Wildman–Crippen MR) is 54.5 cm³/mol. The summed E-state index contributed by atoms with van der Waals surface area (Å²) in [7, 11) is 0. The highest BCUT2D eigenvalue weighted by Crippen LogP contribution is 2.22. The van der Waals surface area contributed by atoms with E-state index in [4.69, 9.17) is 0 Å². The predicted octanol–water partition coefficient (Wildman–Crippen LogP) is 1.36. The average molecular weight is 190 g/mol. The lowest BCUT2D eigenvalue weighted by atomic mass is 9.92. The van der Waals surface area contributed by atoms with E-state index in [2.05, 4.69) is 10.3 Å². The minimum Gasteiger partial charge on any atom is -0.316 e. The first-order chi connectivity index (χ1) is 6.90. The number of piperidine rings is 1. The van der Waals surface area contributed by atoms with Crippen molar-refractivity contribution in [1.82, 2.24) is 10.3 Å². The maximum absolute atomic E-state index is 10.6. The molecule has 1 aliphatic heterocycles. The van der Waals surface area contributed by atoms with Gasteiger partial charge in [-0.1, -0.05) is 0 Å². The van der Waals surface area contributed by atoms with Crippen LogP contribution in [0.2, 0.25) is 0 Å². The van der Waals surface area contributed by atoms with Gasteiger partial charge in [-0.05, 0) is 43.0 Å². The maximum atomic E-state index is 10.6. The molecule has 0 aliphatic carbocycles. The van der Waals surface area contributed by atoms with Crippen LogP contribution in [0, 0.1) is 0 Å². The third kappa shape index (κ3) is 1.99. The Morgan fingerprint density at radius 2 is 2.50 bits per heavy atom. The average Bonchev–Trinajstić information content (AvgIpc) is 2.30. The zero-order chi connectivity index (χ0) is 9.80. The van der Waals surface area contributed by atoms with Gasteiger partial charge in [0.25, 0.3) is 0 Å². The molecule has 1 aliphatic rings. The summed E-state index contributed by atoms with van der Waals surface area (Å²) in [4.78, 5) is 14.5. The number of rotatable bonds is 2. The molecular weight excluding hydrogens is 176 g/mol. The van der Waals surface area contributed by atoms with E-state index in [-0.39, 0.29) is 0 Å². The summed E-state index contributed by atoms with van der Waals surface area (Å²) < 4.78 is 0. The number of aromatic nitrogens is 1. The maximum Gasteiger partial charge on any atom is 0.168 e. The van der Waals surface area contributed by atoms with Crippen molar-refractivity contribution in [1.29, 1.82) is 0 Å². The summed E-state index contributed by atoms with van der Waals surface area (Å²) >= 11 is 0. The van der Waals surface area contributed by atoms with Crippen molar-refractivity contribution >= 4 is 6.29 Å². The Hall–Kier alpha value is -1.22. The number of aldehydes is 1. The van der Waals surface area contributed by atoms with Crippen LogP contribution in [0.25, 0.3) is 0 Å². The Morgan fingerprint density at radius 1 is 1.57 bits per heavy atom. The molecule has 74 valence electrons. The molecule has 3 heteroatoms. The number of nitrogens with zero attached hydrogens (tertiary/aromatic N) is 1. The van der Waals surface area contributed by atoms with Gasteiger partial charge in [0, 0.05) is 12.7 Å². The Balaban J connectivity index is 2.17. The Labute approximate surface area is 83.5 Å². The standard InChI is InChI=1S/C11H14N2O/c14-8-11-6-9(3-5-13-11)10-2-1-4-12-7-10/h3,5-6,8,10,12H,1-2,4,7H2. The SMILES string of the molecule is O=Cc1cc(C2CCCNC2)ccn1. The summed E-state index contributed by atoms with van der Waals surface area (Å²) in [5, 5.41) is 3.36. The summed E-state index contributed by atoms with van der Waals surface area (Å²) in [6.45, 7) is 2.13. The van der Waals surface area contributed by atoms with Gasteiger partial charge in [-0.3, -0.25) is 9.78 Å². The molecule has 14 heavy (non-hydrogen) atoms. The fraction of sp³-hybridized carbons (Fsp3) is 0.455. The van der Waals surface area contributed by atoms with Crippen molar-refractivity contribution < 1.29 is 4.79 Å². The van der Waals surface area contributed by atoms with E-state index >= 15 is 0 Å². The highest BCUT2D eigenvalue weighted by molar-refractivity contribution is 5.71. The number of hydrogen-bond donors (Lipinski definition) is 1. The molecule has 3 nitrogen and oxygen atoms in total. The van der Waals surface area contributed by atoms with Gasteiger partial charge in [-0.2, -0.15) is 0 Å². The zero-order valence-corrected chi connectivity index (χ0v) is 8.07. The molecule has 2 rings (SSSR count). The van der Waals surface area contributed by atoms with Gasteiger partial charge in [-0.25, -0.2) is 0 Å². The highest BCUT2D eigenvalue weighted by Gasteiger charge is 2.15. The Kier molecular flexibility index (Phi) is 2.89. The van der Waals surface area contributed by atoms with E-state index in [1.807, 2.05) is 12.1 Å². The molecule has 0 amide bonds. The second kappa shape index (κ2) is 4.33. The van der Waals surface area contributed by atoms with Gasteiger partial charge in [0.1, 0.15) is 5.69 Å². The zero-order valence-electron chi connectivity index (χ0n) is 8.07. The number of carbonyl (C=O) groups is 1. The second-order valence-corrected chi connectivity index (χ2v) is 3.68. The van der Waals surface area contributed by atoms with Gasteiger partial charge in [0.05, 0.1) is 0 Å². The van der Waals surface area contributed by atoms with Crippen LogP contribution in [0.5, 0.6) is 0 Å². The number of hydrogen-bond acceptors (Lipinski definition) is 3. The summed E-state index contributed by atoms with van der Waals surface area (Å²) in [6.07, 6.45) is 4.94. The van der Waals surface area contributed by atoms with Crippen molar-refractivity contribution in [2.75, 3.05) is 13.1 Å². The fourth-order valence-corrected chi connectivity index (χ4v) is 1.92. The summed E-state index contributed by atoms with van der Waals surface area (Å²) in [5.41, 5.74) is 1.77. The van der Waals surface area contributed by atoms with Crippen LogP contribution in [0.15, 0.2) is 18.3 Å². The van der Waals surface area contributed by atoms with Crippen LogP contribution in [-0.2, 0) is 0 Å². The smallest absolute Gasteiger partial charge is 0.168 e. The molecule has 0 spiro atoms. The normalized spacial score (nSPS) is 21.9. The van der Waals surface area contributed by atoms with Crippen molar-refractivity contribution in [2.24, 2.45) is 0 Å². The van der Waals surface area contributed by atoms with E-state index in [1.54, 1.807) is 6.20 Å². The molecule has 1 N–H and O–H groups in total. The number of carbonyl (C=O) groups excluding carboxylic acids is 1. The third-order valence-electron chi connectivity index (χ3n) is 2.69. The highest BCUT2D eigenvalue weighted by atomic mass is 16.1. The van der Waals surface area contributed by atoms with Gasteiger partial charge in [0.15, 0.2) is 6.29 Å². The van der Waals surface area contributed by atoms with Crippen LogP contribution in [0.3, 0.4) is 0 Å². The van der Waals surface area contributed by atoms with Gasteiger partial charge >= 0.3 is 0 Å². The molecule has 1 atom stereocenters. The fourth-order valence-electron chi connectivity index (χ4n) is 1.92. The van der Waals surface area contributed by atoms with Crippen LogP contribution in [0.1, 0.15) is 34.8 Å². The number of pyridine rings is 1. The van der Waals surface area contributed by atoms with Crippen LogP contribution >= 0.6 is 0 Å². The van der Waals surface area contributed by atoms with Crippen molar-refractivity contribution in [2.45, 2.75) is 18.8 Å². The lowest BCUT2D eigenvalue weighted by Crippen LogP contribution is -2.28. The van der Waals surface area contributed by atoms with Gasteiger partial charge in [-0.15, -0.1) is 0 Å². The van der Waals surface area contributed by atoms with E-state index < -0.39 is 0 Å². The molecule has 1 saturated heterocycles. The minimum absolute atomic E-state index is 0.535.